The first-order valence-corrected chi connectivity index (χ1v) is 7.28. The Balaban J connectivity index is 2.04. The molecule has 0 bridgehead atoms. The number of hydrogen-bond acceptors (Lipinski definition) is 3. The molecule has 0 atom stereocenters. The van der Waals surface area contributed by atoms with Gasteiger partial charge in [0.25, 0.3) is 0 Å². The highest BCUT2D eigenvalue weighted by Crippen LogP contribution is 2.39. The molecule has 0 radical (unpaired) electrons. The van der Waals surface area contributed by atoms with Gasteiger partial charge < -0.3 is 9.84 Å². The van der Waals surface area contributed by atoms with E-state index >= 15 is 0 Å². The van der Waals surface area contributed by atoms with Gasteiger partial charge >= 0.3 is 0 Å². The molecule has 3 nitrogen and oxygen atoms in total. The average Bonchev–Trinajstić information content (AvgIpc) is 2.50. The molecule has 0 aromatic heterocycles. The lowest BCUT2D eigenvalue weighted by Crippen LogP contribution is -2.23. The third-order valence-corrected chi connectivity index (χ3v) is 4.15. The molecule has 0 spiro atoms. The molecule has 22 heavy (non-hydrogen) atoms. The van der Waals surface area contributed by atoms with Crippen molar-refractivity contribution in [3.8, 4) is 5.75 Å². The summed E-state index contributed by atoms with van der Waals surface area (Å²) in [5.74, 6) is 1.11. The highest BCUT2D eigenvalue weighted by molar-refractivity contribution is 6.08. The predicted octanol–water partition coefficient (Wildman–Crippen LogP) is 4.08. The quantitative estimate of drug-likeness (QED) is 0.675. The molecule has 1 aromatic rings. The molecular weight excluding hydrogens is 276 g/mol. The van der Waals surface area contributed by atoms with Crippen molar-refractivity contribution in [3.05, 3.63) is 70.0 Å². The average molecular weight is 294 g/mol. The normalized spacial score (nSPS) is 17.0. The summed E-state index contributed by atoms with van der Waals surface area (Å²) >= 11 is 0. The van der Waals surface area contributed by atoms with Crippen LogP contribution in [0.1, 0.15) is 34.0 Å². The Hall–Kier alpha value is -2.55. The van der Waals surface area contributed by atoms with Crippen LogP contribution in [0.5, 0.6) is 5.75 Å². The van der Waals surface area contributed by atoms with Crippen LogP contribution in [0.3, 0.4) is 0 Å². The summed E-state index contributed by atoms with van der Waals surface area (Å²) in [5.41, 5.74) is 5.74. The first-order valence-electron chi connectivity index (χ1n) is 7.28. The van der Waals surface area contributed by atoms with Crippen LogP contribution >= 0.6 is 0 Å². The van der Waals surface area contributed by atoms with Crippen molar-refractivity contribution in [2.24, 2.45) is 0 Å². The second-order valence-electron chi connectivity index (χ2n) is 5.53. The summed E-state index contributed by atoms with van der Waals surface area (Å²) < 4.78 is 5.88. The Morgan fingerprint density at radius 3 is 2.86 bits per heavy atom. The van der Waals surface area contributed by atoms with Crippen LogP contribution in [-0.2, 0) is 6.42 Å². The second-order valence-corrected chi connectivity index (χ2v) is 5.53. The summed E-state index contributed by atoms with van der Waals surface area (Å²) in [6.45, 7) is 7.82. The first kappa shape index (κ1) is 14.4. The Bertz CT molecular complexity index is 776. The summed E-state index contributed by atoms with van der Waals surface area (Å²) in [7, 11) is 0. The number of hydrogen-bond donors (Lipinski definition) is 1. The molecule has 1 heterocycles. The Morgan fingerprint density at radius 1 is 1.45 bits per heavy atom. The van der Waals surface area contributed by atoms with Gasteiger partial charge in [-0.05, 0) is 54.9 Å². The van der Waals surface area contributed by atoms with Gasteiger partial charge in [-0.2, -0.15) is 0 Å². The summed E-state index contributed by atoms with van der Waals surface area (Å²) in [6, 6.07) is 2.03. The van der Waals surface area contributed by atoms with Crippen molar-refractivity contribution in [3.63, 3.8) is 0 Å². The maximum atomic E-state index is 11.7. The van der Waals surface area contributed by atoms with Crippen LogP contribution < -0.4 is 4.74 Å². The molecule has 112 valence electrons. The zero-order valence-electron chi connectivity index (χ0n) is 12.8. The van der Waals surface area contributed by atoms with E-state index in [-0.39, 0.29) is 11.5 Å². The van der Waals surface area contributed by atoms with Crippen LogP contribution in [-0.4, -0.2) is 17.5 Å². The van der Waals surface area contributed by atoms with Crippen LogP contribution in [0.15, 0.2) is 47.8 Å². The van der Waals surface area contributed by atoms with Crippen LogP contribution in [0.25, 0.3) is 6.08 Å². The van der Waals surface area contributed by atoms with E-state index in [2.05, 4.69) is 12.7 Å². The number of ketones is 1. The first-order chi connectivity index (χ1) is 10.5. The summed E-state index contributed by atoms with van der Waals surface area (Å²) in [4.78, 5) is 11.7. The molecule has 0 unspecified atom stereocenters. The van der Waals surface area contributed by atoms with Crippen LogP contribution in [0.2, 0.25) is 0 Å². The molecule has 0 amide bonds. The lowest BCUT2D eigenvalue weighted by atomic mass is 9.81. The van der Waals surface area contributed by atoms with E-state index in [0.717, 1.165) is 39.1 Å². The van der Waals surface area contributed by atoms with Crippen molar-refractivity contribution < 1.29 is 14.6 Å². The lowest BCUT2D eigenvalue weighted by Gasteiger charge is -2.27. The SMILES string of the molecule is C=C/C(O)=C\C(=C/C)C1=Cc2cc3c(c(C)c2OC1)C(=O)C3. The zero-order valence-corrected chi connectivity index (χ0v) is 12.8. The third-order valence-electron chi connectivity index (χ3n) is 4.15. The number of carbonyl (C=O) groups excluding carboxylic acids is 1. The van der Waals surface area contributed by atoms with Gasteiger partial charge in [-0.1, -0.05) is 12.7 Å². The van der Waals surface area contributed by atoms with Gasteiger partial charge in [-0.3, -0.25) is 4.79 Å². The Kier molecular flexibility index (Phi) is 3.49. The van der Waals surface area contributed by atoms with E-state index in [9.17, 15) is 9.90 Å². The summed E-state index contributed by atoms with van der Waals surface area (Å²) in [6.07, 6.45) is 7.58. The van der Waals surface area contributed by atoms with Gasteiger partial charge in [0.05, 0.1) is 0 Å². The molecule has 0 saturated carbocycles. The number of ether oxygens (including phenoxy) is 1. The van der Waals surface area contributed by atoms with Crippen molar-refractivity contribution in [1.82, 2.24) is 0 Å². The predicted molar refractivity (Wildman–Crippen MR) is 87.4 cm³/mol. The Morgan fingerprint density at radius 2 is 2.23 bits per heavy atom. The van der Waals surface area contributed by atoms with Crippen molar-refractivity contribution in [1.29, 1.82) is 0 Å². The van der Waals surface area contributed by atoms with E-state index < -0.39 is 0 Å². The fourth-order valence-electron chi connectivity index (χ4n) is 3.00. The second kappa shape index (κ2) is 5.34. The number of carbonyl (C=O) groups is 1. The van der Waals surface area contributed by atoms with Crippen LogP contribution in [0, 0.1) is 6.92 Å². The standard InChI is InChI=1S/C19H18O3/c1-4-12(8-16(20)5-2)15-7-14-6-13-9-17(21)18(13)11(3)19(14)22-10-15/h4-8,20H,2,9-10H2,1,3H3/b12-4+,16-8+. The van der Waals surface area contributed by atoms with E-state index in [1.165, 1.54) is 6.08 Å². The minimum absolute atomic E-state index is 0.124. The number of allylic oxidation sites excluding steroid dienone is 3. The van der Waals surface area contributed by atoms with Gasteiger partial charge in [-0.15, -0.1) is 0 Å². The van der Waals surface area contributed by atoms with E-state index in [1.807, 2.05) is 26.0 Å². The molecular formula is C19H18O3. The van der Waals surface area contributed by atoms with E-state index in [4.69, 9.17) is 4.74 Å². The van der Waals surface area contributed by atoms with Crippen LogP contribution in [0.4, 0.5) is 0 Å². The van der Waals surface area contributed by atoms with Gasteiger partial charge in [0.15, 0.2) is 5.78 Å². The number of Topliss-reactive ketones (excluding diaryl/α,β-unsaturated/α-hetero) is 1. The van der Waals surface area contributed by atoms with Crippen molar-refractivity contribution in [2.45, 2.75) is 20.3 Å². The van der Waals surface area contributed by atoms with Gasteiger partial charge in [0.1, 0.15) is 18.1 Å². The zero-order chi connectivity index (χ0) is 15.9. The molecule has 1 aromatic carbocycles. The maximum absolute atomic E-state index is 11.7. The van der Waals surface area contributed by atoms with Gasteiger partial charge in [0, 0.05) is 23.1 Å². The summed E-state index contributed by atoms with van der Waals surface area (Å²) in [5, 5.41) is 9.64. The minimum atomic E-state index is 0.124. The maximum Gasteiger partial charge on any atom is 0.167 e. The number of rotatable bonds is 3. The molecule has 0 fully saturated rings. The molecule has 3 rings (SSSR count). The number of benzene rings is 1. The van der Waals surface area contributed by atoms with Gasteiger partial charge in [0.2, 0.25) is 0 Å². The molecule has 2 aliphatic rings. The Labute approximate surface area is 129 Å². The molecule has 1 aliphatic heterocycles. The van der Waals surface area contributed by atoms with E-state index in [0.29, 0.717) is 13.0 Å². The monoisotopic (exact) mass is 294 g/mol. The molecule has 3 heteroatoms. The molecule has 1 N–H and O–H groups in total. The topological polar surface area (TPSA) is 46.5 Å². The van der Waals surface area contributed by atoms with Crippen molar-refractivity contribution >= 4 is 11.9 Å². The van der Waals surface area contributed by atoms with Crippen molar-refractivity contribution in [2.75, 3.05) is 6.61 Å². The number of aliphatic hydroxyl groups excluding tert-OH is 1. The third kappa shape index (κ3) is 2.19. The smallest absolute Gasteiger partial charge is 0.167 e. The molecule has 1 aliphatic carbocycles. The fraction of sp³-hybridized carbons (Fsp3) is 0.211. The van der Waals surface area contributed by atoms with Gasteiger partial charge in [-0.25, -0.2) is 0 Å². The molecule has 0 saturated heterocycles. The highest BCUT2D eigenvalue weighted by Gasteiger charge is 2.30. The fourth-order valence-corrected chi connectivity index (χ4v) is 3.00. The van der Waals surface area contributed by atoms with E-state index in [1.54, 1.807) is 6.08 Å². The largest absolute Gasteiger partial charge is 0.508 e. The minimum Gasteiger partial charge on any atom is -0.508 e. The lowest BCUT2D eigenvalue weighted by molar-refractivity contribution is 0.0966. The number of aliphatic hydroxyl groups is 1. The number of fused-ring (bicyclic) bond motifs is 2. The highest BCUT2D eigenvalue weighted by atomic mass is 16.5.